The van der Waals surface area contributed by atoms with Crippen molar-refractivity contribution in [1.82, 2.24) is 4.98 Å². The number of anilines is 1. The fourth-order valence-electron chi connectivity index (χ4n) is 2.50. The molecule has 2 aliphatic rings. The smallest absolute Gasteiger partial charge is 0.125 e. The number of nitrogens with zero attached hydrogens (tertiary/aromatic N) is 1. The lowest BCUT2D eigenvalue weighted by Gasteiger charge is -2.15. The van der Waals surface area contributed by atoms with Crippen molar-refractivity contribution in [2.75, 3.05) is 11.9 Å². The van der Waals surface area contributed by atoms with Crippen molar-refractivity contribution in [2.24, 2.45) is 17.1 Å². The van der Waals surface area contributed by atoms with Gasteiger partial charge >= 0.3 is 0 Å². The summed E-state index contributed by atoms with van der Waals surface area (Å²) >= 11 is 4.90. The minimum atomic E-state index is 0.403. The van der Waals surface area contributed by atoms with Crippen molar-refractivity contribution < 1.29 is 0 Å². The molecule has 0 aromatic carbocycles. The molecule has 3 rings (SSSR count). The summed E-state index contributed by atoms with van der Waals surface area (Å²) in [4.78, 5) is 4.74. The van der Waals surface area contributed by atoms with E-state index in [-0.39, 0.29) is 0 Å². The fraction of sp³-hybridized carbons (Fsp3) is 0.538. The van der Waals surface area contributed by atoms with Gasteiger partial charge in [0.15, 0.2) is 0 Å². The van der Waals surface area contributed by atoms with Gasteiger partial charge in [-0.05, 0) is 49.1 Å². The molecule has 0 spiro atoms. The third kappa shape index (κ3) is 2.27. The molecule has 0 aliphatic heterocycles. The van der Waals surface area contributed by atoms with Gasteiger partial charge in [0, 0.05) is 18.3 Å². The lowest BCUT2D eigenvalue weighted by atomic mass is 10.0. The Labute approximate surface area is 107 Å². The van der Waals surface area contributed by atoms with Crippen molar-refractivity contribution in [2.45, 2.75) is 25.7 Å². The van der Waals surface area contributed by atoms with Crippen molar-refractivity contribution >= 4 is 23.0 Å². The molecule has 90 valence electrons. The molecule has 0 atom stereocenters. The zero-order valence-corrected chi connectivity index (χ0v) is 10.6. The van der Waals surface area contributed by atoms with Crippen LogP contribution in [-0.4, -0.2) is 16.5 Å². The van der Waals surface area contributed by atoms with Crippen LogP contribution >= 0.6 is 12.2 Å². The summed E-state index contributed by atoms with van der Waals surface area (Å²) in [5.74, 6) is 1.91. The molecule has 2 saturated carbocycles. The van der Waals surface area contributed by atoms with Crippen LogP contribution in [-0.2, 0) is 0 Å². The topological polar surface area (TPSA) is 50.9 Å². The molecular weight excluding hydrogens is 230 g/mol. The van der Waals surface area contributed by atoms with Crippen molar-refractivity contribution in [1.29, 1.82) is 0 Å². The summed E-state index contributed by atoms with van der Waals surface area (Å²) in [5, 5.41) is 3.44. The number of aromatic nitrogens is 1. The SMILES string of the molecule is NC(=S)c1ccc(NCC2(C3CC3)CC2)nc1. The van der Waals surface area contributed by atoms with Crippen LogP contribution in [0.3, 0.4) is 0 Å². The first-order valence-corrected chi connectivity index (χ1v) is 6.60. The van der Waals surface area contributed by atoms with Crippen molar-refractivity contribution in [3.63, 3.8) is 0 Å². The van der Waals surface area contributed by atoms with Gasteiger partial charge in [-0.15, -0.1) is 0 Å². The number of nitrogens with two attached hydrogens (primary N) is 1. The molecule has 0 saturated heterocycles. The van der Waals surface area contributed by atoms with E-state index in [9.17, 15) is 0 Å². The maximum Gasteiger partial charge on any atom is 0.125 e. The van der Waals surface area contributed by atoms with E-state index in [2.05, 4.69) is 10.3 Å². The number of nitrogens with one attached hydrogen (secondary N) is 1. The molecule has 2 aliphatic carbocycles. The third-order valence-corrected chi connectivity index (χ3v) is 4.24. The number of pyridine rings is 1. The van der Waals surface area contributed by atoms with Crippen molar-refractivity contribution in [3.05, 3.63) is 23.9 Å². The maximum atomic E-state index is 5.54. The molecule has 0 amide bonds. The highest BCUT2D eigenvalue weighted by Crippen LogP contribution is 2.61. The van der Waals surface area contributed by atoms with Crippen LogP contribution in [0.5, 0.6) is 0 Å². The highest BCUT2D eigenvalue weighted by molar-refractivity contribution is 7.80. The predicted octanol–water partition coefficient (Wildman–Crippen LogP) is 2.32. The van der Waals surface area contributed by atoms with Gasteiger partial charge in [-0.2, -0.15) is 0 Å². The van der Waals surface area contributed by atoms with Gasteiger partial charge < -0.3 is 11.1 Å². The summed E-state index contributed by atoms with van der Waals surface area (Å²) in [7, 11) is 0. The Morgan fingerprint density at radius 1 is 1.47 bits per heavy atom. The molecule has 4 heteroatoms. The second-order valence-electron chi connectivity index (χ2n) is 5.29. The van der Waals surface area contributed by atoms with Gasteiger partial charge in [0.25, 0.3) is 0 Å². The quantitative estimate of drug-likeness (QED) is 0.784. The van der Waals surface area contributed by atoms with Gasteiger partial charge in [-0.3, -0.25) is 0 Å². The Morgan fingerprint density at radius 3 is 2.71 bits per heavy atom. The summed E-state index contributed by atoms with van der Waals surface area (Å²) in [6.45, 7) is 1.07. The molecule has 1 heterocycles. The molecular formula is C13H17N3S. The predicted molar refractivity (Wildman–Crippen MR) is 73.0 cm³/mol. The lowest BCUT2D eigenvalue weighted by molar-refractivity contribution is 0.466. The first-order valence-electron chi connectivity index (χ1n) is 6.19. The number of thiocarbonyl (C=S) groups is 1. The number of hydrogen-bond donors (Lipinski definition) is 2. The molecule has 0 radical (unpaired) electrons. The van der Waals surface area contributed by atoms with Crippen LogP contribution in [0.1, 0.15) is 31.2 Å². The molecule has 17 heavy (non-hydrogen) atoms. The molecule has 3 nitrogen and oxygen atoms in total. The van der Waals surface area contributed by atoms with Crippen LogP contribution in [0.4, 0.5) is 5.82 Å². The Bertz CT molecular complexity index is 432. The molecule has 0 bridgehead atoms. The van der Waals surface area contributed by atoms with Crippen LogP contribution in [0.15, 0.2) is 18.3 Å². The van der Waals surface area contributed by atoms with Gasteiger partial charge in [-0.1, -0.05) is 12.2 Å². The van der Waals surface area contributed by atoms with Gasteiger partial charge in [0.05, 0.1) is 0 Å². The second kappa shape index (κ2) is 3.95. The van der Waals surface area contributed by atoms with E-state index in [1.807, 2.05) is 12.1 Å². The summed E-state index contributed by atoms with van der Waals surface area (Å²) in [5.41, 5.74) is 6.96. The molecule has 1 aromatic rings. The Kier molecular flexibility index (Phi) is 2.54. The Balaban J connectivity index is 1.59. The zero-order chi connectivity index (χ0) is 11.9. The molecule has 0 unspecified atom stereocenters. The Hall–Kier alpha value is -1.16. The van der Waals surface area contributed by atoms with E-state index < -0.39 is 0 Å². The van der Waals surface area contributed by atoms with Gasteiger partial charge in [-0.25, -0.2) is 4.98 Å². The third-order valence-electron chi connectivity index (χ3n) is 4.01. The van der Waals surface area contributed by atoms with Gasteiger partial charge in [0.2, 0.25) is 0 Å². The molecule has 3 N–H and O–H groups in total. The summed E-state index contributed by atoms with van der Waals surface area (Å²) < 4.78 is 0. The van der Waals surface area contributed by atoms with Crippen LogP contribution in [0.25, 0.3) is 0 Å². The molecule has 1 aromatic heterocycles. The first-order chi connectivity index (χ1) is 8.20. The van der Waals surface area contributed by atoms with E-state index in [1.165, 1.54) is 25.7 Å². The average Bonchev–Trinajstić information content (AvgIpc) is 3.17. The van der Waals surface area contributed by atoms with Crippen LogP contribution in [0.2, 0.25) is 0 Å². The fourth-order valence-corrected chi connectivity index (χ4v) is 2.62. The van der Waals surface area contributed by atoms with E-state index >= 15 is 0 Å². The van der Waals surface area contributed by atoms with Crippen LogP contribution < -0.4 is 11.1 Å². The number of rotatable bonds is 5. The van der Waals surface area contributed by atoms with Crippen LogP contribution in [0, 0.1) is 11.3 Å². The standard InChI is InChI=1S/C13H17N3S/c14-12(17)9-1-4-11(15-7-9)16-8-13(5-6-13)10-2-3-10/h1,4,7,10H,2-3,5-6,8H2,(H2,14,17)(H,15,16). The van der Waals surface area contributed by atoms with E-state index in [4.69, 9.17) is 18.0 Å². The van der Waals surface area contributed by atoms with E-state index in [0.717, 1.165) is 23.8 Å². The van der Waals surface area contributed by atoms with E-state index in [1.54, 1.807) is 6.20 Å². The Morgan fingerprint density at radius 2 is 2.24 bits per heavy atom. The highest BCUT2D eigenvalue weighted by Gasteiger charge is 2.53. The first kappa shape index (κ1) is 11.0. The summed E-state index contributed by atoms with van der Waals surface area (Å²) in [6, 6.07) is 3.88. The summed E-state index contributed by atoms with van der Waals surface area (Å²) in [6.07, 6.45) is 7.36. The highest BCUT2D eigenvalue weighted by atomic mass is 32.1. The minimum Gasteiger partial charge on any atom is -0.389 e. The van der Waals surface area contributed by atoms with Gasteiger partial charge in [0.1, 0.15) is 10.8 Å². The lowest BCUT2D eigenvalue weighted by Crippen LogP contribution is -2.18. The molecule has 2 fully saturated rings. The average molecular weight is 247 g/mol. The minimum absolute atomic E-state index is 0.403. The normalized spacial score (nSPS) is 20.9. The van der Waals surface area contributed by atoms with Crippen molar-refractivity contribution in [3.8, 4) is 0 Å². The zero-order valence-electron chi connectivity index (χ0n) is 9.78. The largest absolute Gasteiger partial charge is 0.389 e. The maximum absolute atomic E-state index is 5.54. The van der Waals surface area contributed by atoms with E-state index in [0.29, 0.717) is 10.4 Å². The second-order valence-corrected chi connectivity index (χ2v) is 5.73. The monoisotopic (exact) mass is 247 g/mol. The number of hydrogen-bond acceptors (Lipinski definition) is 3.